The molecular weight excluding hydrogens is 268 g/mol. The van der Waals surface area contributed by atoms with Crippen molar-refractivity contribution in [3.05, 3.63) is 16.7 Å². The first-order valence-electron chi connectivity index (χ1n) is 6.24. The number of ether oxygens (including phenoxy) is 3. The second kappa shape index (κ2) is 4.48. The fraction of sp³-hybridized carbons (Fsp3) is 0.727. The molecule has 1 unspecified atom stereocenters. The molecule has 0 aromatic carbocycles. The number of hydrogen-bond acceptors (Lipinski definition) is 8. The predicted molar refractivity (Wildman–Crippen MR) is 65.5 cm³/mol. The molecule has 1 aromatic heterocycles. The second-order valence-corrected chi connectivity index (χ2v) is 5.22. The summed E-state index contributed by atoms with van der Waals surface area (Å²) < 4.78 is 18.1. The number of aliphatic hydroxyl groups excluding tert-OH is 1. The Balaban J connectivity index is 1.96. The molecule has 20 heavy (non-hydrogen) atoms. The Labute approximate surface area is 114 Å². The minimum atomic E-state index is -0.810. The zero-order valence-electron chi connectivity index (χ0n) is 11.1. The number of anilines is 1. The highest BCUT2D eigenvalue weighted by atomic mass is 16.8. The fourth-order valence-corrected chi connectivity index (χ4v) is 2.54. The third-order valence-electron chi connectivity index (χ3n) is 3.28. The van der Waals surface area contributed by atoms with Crippen molar-refractivity contribution in [3.63, 3.8) is 0 Å². The van der Waals surface area contributed by atoms with Gasteiger partial charge in [0.15, 0.2) is 12.0 Å². The largest absolute Gasteiger partial charge is 0.394 e. The molecule has 9 heteroatoms. The molecule has 1 aromatic rings. The van der Waals surface area contributed by atoms with Gasteiger partial charge in [-0.1, -0.05) is 0 Å². The molecule has 2 fully saturated rings. The molecule has 9 nitrogen and oxygen atoms in total. The van der Waals surface area contributed by atoms with Gasteiger partial charge >= 0.3 is 5.69 Å². The Kier molecular flexibility index (Phi) is 3.01. The number of nitrogen functional groups attached to an aromatic ring is 1. The molecule has 0 bridgehead atoms. The topological polar surface area (TPSA) is 122 Å². The lowest BCUT2D eigenvalue weighted by Crippen LogP contribution is -2.36. The van der Waals surface area contributed by atoms with Crippen molar-refractivity contribution in [3.8, 4) is 0 Å². The van der Waals surface area contributed by atoms with E-state index >= 15 is 0 Å². The van der Waals surface area contributed by atoms with Crippen molar-refractivity contribution in [1.82, 2.24) is 14.8 Å². The van der Waals surface area contributed by atoms with Crippen LogP contribution in [0.15, 0.2) is 11.0 Å². The summed E-state index contributed by atoms with van der Waals surface area (Å²) in [7, 11) is 0. The molecule has 4 atom stereocenters. The van der Waals surface area contributed by atoms with Gasteiger partial charge < -0.3 is 25.1 Å². The minimum Gasteiger partial charge on any atom is -0.394 e. The number of nitrogens with zero attached hydrogens (tertiary/aromatic N) is 3. The molecule has 110 valence electrons. The number of aliphatic hydroxyl groups is 1. The van der Waals surface area contributed by atoms with E-state index in [9.17, 15) is 9.90 Å². The van der Waals surface area contributed by atoms with Crippen LogP contribution in [0.2, 0.25) is 0 Å². The van der Waals surface area contributed by atoms with Gasteiger partial charge in [-0.2, -0.15) is 14.8 Å². The number of fused-ring (bicyclic) bond motifs is 1. The average Bonchev–Trinajstić information content (AvgIpc) is 2.83. The normalized spacial score (nSPS) is 35.1. The first-order chi connectivity index (χ1) is 9.41. The fourth-order valence-electron chi connectivity index (χ4n) is 2.54. The lowest BCUT2D eigenvalue weighted by Gasteiger charge is -2.23. The van der Waals surface area contributed by atoms with Gasteiger partial charge in [0.25, 0.3) is 0 Å². The van der Waals surface area contributed by atoms with Crippen LogP contribution >= 0.6 is 0 Å². The van der Waals surface area contributed by atoms with Gasteiger partial charge in [-0.25, -0.2) is 4.79 Å². The molecule has 0 aliphatic carbocycles. The van der Waals surface area contributed by atoms with Gasteiger partial charge in [-0.05, 0) is 13.8 Å². The van der Waals surface area contributed by atoms with E-state index in [1.165, 1.54) is 6.20 Å². The van der Waals surface area contributed by atoms with Crippen LogP contribution in [0, 0.1) is 0 Å². The van der Waals surface area contributed by atoms with E-state index in [2.05, 4.69) is 10.1 Å². The van der Waals surface area contributed by atoms with Crippen molar-refractivity contribution in [1.29, 1.82) is 0 Å². The smallest absolute Gasteiger partial charge is 0.368 e. The highest BCUT2D eigenvalue weighted by Gasteiger charge is 2.56. The van der Waals surface area contributed by atoms with Crippen molar-refractivity contribution in [2.75, 3.05) is 12.3 Å². The zero-order valence-corrected chi connectivity index (χ0v) is 11.1. The average molecular weight is 284 g/mol. The summed E-state index contributed by atoms with van der Waals surface area (Å²) in [6, 6.07) is 0. The molecule has 0 amide bonds. The molecule has 0 saturated carbocycles. The summed E-state index contributed by atoms with van der Waals surface area (Å²) in [5.41, 5.74) is 4.77. The van der Waals surface area contributed by atoms with Crippen LogP contribution < -0.4 is 11.4 Å². The lowest BCUT2D eigenvalue weighted by atomic mass is 10.1. The van der Waals surface area contributed by atoms with Gasteiger partial charge in [0.2, 0.25) is 0 Å². The van der Waals surface area contributed by atoms with Crippen LogP contribution in [0.1, 0.15) is 20.1 Å². The summed E-state index contributed by atoms with van der Waals surface area (Å²) >= 11 is 0. The van der Waals surface area contributed by atoms with E-state index in [4.69, 9.17) is 19.9 Å². The first kappa shape index (κ1) is 13.4. The Morgan fingerprint density at radius 1 is 1.45 bits per heavy atom. The number of aromatic nitrogens is 3. The maximum Gasteiger partial charge on any atom is 0.368 e. The van der Waals surface area contributed by atoms with E-state index in [1.807, 2.05) is 0 Å². The standard InChI is InChI=1S/C11H16N4O5/c1-11(2)19-7-5(4-16)18-9(8(7)20-11)15-10(17)14-6(12)3-13-15/h3,5,7-9,16H,4H2,1-2H3,(H2,12,14,17)/t5-,7?,8+,9-/m1/s1. The van der Waals surface area contributed by atoms with Gasteiger partial charge in [-0.15, -0.1) is 0 Å². The Bertz CT molecular complexity index is 574. The molecule has 3 heterocycles. The third-order valence-corrected chi connectivity index (χ3v) is 3.28. The van der Waals surface area contributed by atoms with Crippen LogP contribution in [0.3, 0.4) is 0 Å². The molecule has 3 rings (SSSR count). The van der Waals surface area contributed by atoms with E-state index in [0.717, 1.165) is 4.68 Å². The third kappa shape index (κ3) is 2.08. The van der Waals surface area contributed by atoms with Gasteiger partial charge in [0.05, 0.1) is 12.8 Å². The molecule has 2 aliphatic rings. The van der Waals surface area contributed by atoms with Gasteiger partial charge in [0, 0.05) is 0 Å². The van der Waals surface area contributed by atoms with Crippen LogP contribution in [0.4, 0.5) is 5.82 Å². The molecule has 0 spiro atoms. The van der Waals surface area contributed by atoms with E-state index in [1.54, 1.807) is 13.8 Å². The summed E-state index contributed by atoms with van der Waals surface area (Å²) in [5, 5.41) is 13.3. The summed E-state index contributed by atoms with van der Waals surface area (Å²) in [4.78, 5) is 15.4. The van der Waals surface area contributed by atoms with Crippen molar-refractivity contribution in [2.45, 2.75) is 44.2 Å². The van der Waals surface area contributed by atoms with E-state index in [0.29, 0.717) is 0 Å². The molecular formula is C11H16N4O5. The van der Waals surface area contributed by atoms with Crippen LogP contribution in [0.5, 0.6) is 0 Å². The minimum absolute atomic E-state index is 0.0309. The second-order valence-electron chi connectivity index (χ2n) is 5.22. The Morgan fingerprint density at radius 2 is 2.15 bits per heavy atom. The Morgan fingerprint density at radius 3 is 2.80 bits per heavy atom. The molecule has 2 saturated heterocycles. The SMILES string of the molecule is CC1(C)OC2[C@@H](CO)O[C@@H](n3ncc(N)nc3=O)[C@H]2O1. The van der Waals surface area contributed by atoms with Gasteiger partial charge in [0.1, 0.15) is 24.1 Å². The number of hydrogen-bond donors (Lipinski definition) is 2. The van der Waals surface area contributed by atoms with E-state index < -0.39 is 36.0 Å². The quantitative estimate of drug-likeness (QED) is 0.682. The summed E-state index contributed by atoms with van der Waals surface area (Å²) in [5.74, 6) is -0.779. The molecule has 0 radical (unpaired) electrons. The monoisotopic (exact) mass is 284 g/mol. The van der Waals surface area contributed by atoms with Crippen molar-refractivity contribution in [2.24, 2.45) is 0 Å². The Hall–Kier alpha value is -1.55. The summed E-state index contributed by atoms with van der Waals surface area (Å²) in [6.45, 7) is 3.27. The summed E-state index contributed by atoms with van der Waals surface area (Å²) in [6.07, 6.45) is -1.14. The highest BCUT2D eigenvalue weighted by molar-refractivity contribution is 5.19. The lowest BCUT2D eigenvalue weighted by molar-refractivity contribution is -0.202. The zero-order chi connectivity index (χ0) is 14.5. The van der Waals surface area contributed by atoms with Crippen LogP contribution in [0.25, 0.3) is 0 Å². The first-order valence-corrected chi connectivity index (χ1v) is 6.24. The maximum absolute atomic E-state index is 11.8. The molecule has 2 aliphatic heterocycles. The highest BCUT2D eigenvalue weighted by Crippen LogP contribution is 2.42. The van der Waals surface area contributed by atoms with Crippen molar-refractivity contribution < 1.29 is 19.3 Å². The number of nitrogens with two attached hydrogens (primary N) is 1. The predicted octanol–water partition coefficient (Wildman–Crippen LogP) is -1.37. The van der Waals surface area contributed by atoms with Crippen LogP contribution in [-0.2, 0) is 14.2 Å². The van der Waals surface area contributed by atoms with Crippen LogP contribution in [-0.4, -0.2) is 50.6 Å². The maximum atomic E-state index is 11.8. The molecule has 3 N–H and O–H groups in total. The van der Waals surface area contributed by atoms with E-state index in [-0.39, 0.29) is 12.4 Å². The van der Waals surface area contributed by atoms with Crippen molar-refractivity contribution >= 4 is 5.82 Å². The number of rotatable bonds is 2. The van der Waals surface area contributed by atoms with Gasteiger partial charge in [-0.3, -0.25) is 0 Å².